The van der Waals surface area contributed by atoms with Crippen LogP contribution in [0.25, 0.3) is 0 Å². The summed E-state index contributed by atoms with van der Waals surface area (Å²) in [5, 5.41) is 2.34. The van der Waals surface area contributed by atoms with Gasteiger partial charge in [-0.15, -0.1) is 0 Å². The predicted octanol–water partition coefficient (Wildman–Crippen LogP) is 0.0239. The maximum Gasteiger partial charge on any atom is 0.321 e. The summed E-state index contributed by atoms with van der Waals surface area (Å²) in [5.41, 5.74) is 10.3. The molecule has 1 fully saturated rings. The summed E-state index contributed by atoms with van der Waals surface area (Å²) in [5.74, 6) is -5.69. The van der Waals surface area contributed by atoms with Crippen LogP contribution in [0.4, 0.5) is 19.3 Å². The Balaban J connectivity index is 2.18. The highest BCUT2D eigenvalue weighted by Crippen LogP contribution is 2.29. The standard InChI is InChI=1S/C14H16F2N4O4/c1-24-11-3-9(16)8(15)2-10(11)19-14(23)20-4-6(12(17)21)7(5-20)13(18)22/h2-3,6-7H,4-5H2,1H3,(H2,17,21)(H2,18,22)(H,19,23). The van der Waals surface area contributed by atoms with Gasteiger partial charge in [0.2, 0.25) is 11.8 Å². The summed E-state index contributed by atoms with van der Waals surface area (Å²) < 4.78 is 31.4. The topological polar surface area (TPSA) is 128 Å². The molecule has 0 saturated carbocycles. The van der Waals surface area contributed by atoms with Crippen molar-refractivity contribution >= 4 is 23.5 Å². The number of nitrogens with one attached hydrogen (secondary N) is 1. The number of anilines is 1. The molecule has 1 aromatic carbocycles. The second-order valence-corrected chi connectivity index (χ2v) is 5.32. The van der Waals surface area contributed by atoms with Crippen molar-refractivity contribution in [2.24, 2.45) is 23.3 Å². The second kappa shape index (κ2) is 6.69. The molecule has 1 saturated heterocycles. The van der Waals surface area contributed by atoms with E-state index in [2.05, 4.69) is 5.32 Å². The van der Waals surface area contributed by atoms with Crippen molar-refractivity contribution in [3.8, 4) is 5.75 Å². The van der Waals surface area contributed by atoms with Crippen LogP contribution in [0.5, 0.6) is 5.75 Å². The third-order valence-electron chi connectivity index (χ3n) is 3.82. The average Bonchev–Trinajstić information content (AvgIpc) is 2.96. The van der Waals surface area contributed by atoms with Gasteiger partial charge in [0, 0.05) is 25.2 Å². The highest BCUT2D eigenvalue weighted by Gasteiger charge is 2.41. The quantitative estimate of drug-likeness (QED) is 0.713. The monoisotopic (exact) mass is 342 g/mol. The lowest BCUT2D eigenvalue weighted by molar-refractivity contribution is -0.129. The molecular weight excluding hydrogens is 326 g/mol. The van der Waals surface area contributed by atoms with E-state index in [1.54, 1.807) is 0 Å². The van der Waals surface area contributed by atoms with E-state index in [-0.39, 0.29) is 24.5 Å². The predicted molar refractivity (Wildman–Crippen MR) is 78.9 cm³/mol. The lowest BCUT2D eigenvalue weighted by Crippen LogP contribution is -2.36. The van der Waals surface area contributed by atoms with Gasteiger partial charge < -0.3 is 26.4 Å². The number of benzene rings is 1. The minimum atomic E-state index is -1.17. The van der Waals surface area contributed by atoms with Crippen molar-refractivity contribution in [2.45, 2.75) is 0 Å². The van der Waals surface area contributed by atoms with Crippen LogP contribution in [-0.2, 0) is 9.59 Å². The number of nitrogens with zero attached hydrogens (tertiary/aromatic N) is 1. The first-order valence-corrected chi connectivity index (χ1v) is 6.92. The number of rotatable bonds is 4. The fourth-order valence-corrected chi connectivity index (χ4v) is 2.54. The molecule has 4 amide bonds. The summed E-state index contributed by atoms with van der Waals surface area (Å²) in [6, 6.07) is 0.821. The highest BCUT2D eigenvalue weighted by atomic mass is 19.2. The van der Waals surface area contributed by atoms with Crippen LogP contribution in [0.3, 0.4) is 0 Å². The highest BCUT2D eigenvalue weighted by molar-refractivity contribution is 5.94. The van der Waals surface area contributed by atoms with E-state index in [1.807, 2.05) is 0 Å². The number of methoxy groups -OCH3 is 1. The number of hydrogen-bond acceptors (Lipinski definition) is 4. The molecule has 1 aliphatic rings. The molecule has 1 aliphatic heterocycles. The molecule has 0 radical (unpaired) electrons. The van der Waals surface area contributed by atoms with E-state index in [9.17, 15) is 23.2 Å². The van der Waals surface area contributed by atoms with Crippen LogP contribution in [0, 0.1) is 23.5 Å². The van der Waals surface area contributed by atoms with Gasteiger partial charge in [0.1, 0.15) is 5.75 Å². The molecule has 0 bridgehead atoms. The zero-order valence-corrected chi connectivity index (χ0v) is 12.7. The molecule has 0 aromatic heterocycles. The lowest BCUT2D eigenvalue weighted by Gasteiger charge is -2.18. The molecule has 130 valence electrons. The van der Waals surface area contributed by atoms with Crippen molar-refractivity contribution in [1.82, 2.24) is 4.90 Å². The molecule has 0 spiro atoms. The summed E-state index contributed by atoms with van der Waals surface area (Å²) >= 11 is 0. The maximum atomic E-state index is 13.3. The molecule has 10 heteroatoms. The Morgan fingerprint density at radius 3 is 2.08 bits per heavy atom. The Morgan fingerprint density at radius 2 is 1.62 bits per heavy atom. The molecule has 5 N–H and O–H groups in total. The Bertz CT molecular complexity index is 676. The van der Waals surface area contributed by atoms with E-state index in [4.69, 9.17) is 16.2 Å². The minimum absolute atomic E-state index is 0.0839. The number of halogens is 2. The molecule has 2 rings (SSSR count). The number of ether oxygens (including phenoxy) is 1. The molecule has 2 unspecified atom stereocenters. The molecule has 0 aliphatic carbocycles. The van der Waals surface area contributed by atoms with Crippen molar-refractivity contribution in [3.63, 3.8) is 0 Å². The van der Waals surface area contributed by atoms with Crippen molar-refractivity contribution in [2.75, 3.05) is 25.5 Å². The third kappa shape index (κ3) is 3.36. The van der Waals surface area contributed by atoms with E-state index < -0.39 is 41.3 Å². The number of amides is 4. The second-order valence-electron chi connectivity index (χ2n) is 5.32. The third-order valence-corrected chi connectivity index (χ3v) is 3.82. The summed E-state index contributed by atoms with van der Waals surface area (Å²) in [6.07, 6.45) is 0. The van der Waals surface area contributed by atoms with Crippen LogP contribution in [0.1, 0.15) is 0 Å². The fraction of sp³-hybridized carbons (Fsp3) is 0.357. The summed E-state index contributed by atoms with van der Waals surface area (Å²) in [7, 11) is 1.23. The van der Waals surface area contributed by atoms with Crippen LogP contribution in [-0.4, -0.2) is 42.9 Å². The number of carbonyl (C=O) groups is 3. The van der Waals surface area contributed by atoms with E-state index >= 15 is 0 Å². The Kier molecular flexibility index (Phi) is 4.86. The number of urea groups is 1. The zero-order valence-electron chi connectivity index (χ0n) is 12.7. The molecule has 8 nitrogen and oxygen atoms in total. The number of carbonyl (C=O) groups excluding carboxylic acids is 3. The Hall–Kier alpha value is -2.91. The molecule has 24 heavy (non-hydrogen) atoms. The maximum absolute atomic E-state index is 13.3. The summed E-state index contributed by atoms with van der Waals surface area (Å²) in [4.78, 5) is 36.1. The lowest BCUT2D eigenvalue weighted by atomic mass is 9.95. The number of primary amides is 2. The molecule has 1 heterocycles. The SMILES string of the molecule is COc1cc(F)c(F)cc1NC(=O)N1CC(C(N)=O)C(C(N)=O)C1. The van der Waals surface area contributed by atoms with Gasteiger partial charge in [-0.1, -0.05) is 0 Å². The van der Waals surface area contributed by atoms with Crippen LogP contribution < -0.4 is 21.5 Å². The Morgan fingerprint density at radius 1 is 1.12 bits per heavy atom. The first kappa shape index (κ1) is 17.4. The van der Waals surface area contributed by atoms with Crippen molar-refractivity contribution in [3.05, 3.63) is 23.8 Å². The van der Waals surface area contributed by atoms with E-state index in [1.165, 1.54) is 7.11 Å². The van der Waals surface area contributed by atoms with Crippen molar-refractivity contribution in [1.29, 1.82) is 0 Å². The van der Waals surface area contributed by atoms with Crippen molar-refractivity contribution < 1.29 is 27.9 Å². The van der Waals surface area contributed by atoms with Gasteiger partial charge in [-0.3, -0.25) is 9.59 Å². The Labute approximate surface area is 135 Å². The van der Waals surface area contributed by atoms with E-state index in [0.29, 0.717) is 0 Å². The zero-order chi connectivity index (χ0) is 18.0. The smallest absolute Gasteiger partial charge is 0.321 e. The first-order chi connectivity index (χ1) is 11.2. The largest absolute Gasteiger partial charge is 0.494 e. The van der Waals surface area contributed by atoms with Gasteiger partial charge in [-0.05, 0) is 0 Å². The van der Waals surface area contributed by atoms with Gasteiger partial charge in [0.15, 0.2) is 11.6 Å². The van der Waals surface area contributed by atoms with Gasteiger partial charge >= 0.3 is 6.03 Å². The van der Waals surface area contributed by atoms with E-state index in [0.717, 1.165) is 17.0 Å². The van der Waals surface area contributed by atoms with Gasteiger partial charge in [0.25, 0.3) is 0 Å². The van der Waals surface area contributed by atoms with Gasteiger partial charge in [0.05, 0.1) is 24.6 Å². The molecule has 2 atom stereocenters. The number of likely N-dealkylation sites (tertiary alicyclic amines) is 1. The minimum Gasteiger partial charge on any atom is -0.494 e. The number of hydrogen-bond donors (Lipinski definition) is 3. The van der Waals surface area contributed by atoms with Crippen LogP contribution in [0.15, 0.2) is 12.1 Å². The number of nitrogens with two attached hydrogens (primary N) is 2. The molecule has 1 aromatic rings. The van der Waals surface area contributed by atoms with Crippen LogP contribution in [0.2, 0.25) is 0 Å². The normalized spacial score (nSPS) is 19.9. The average molecular weight is 342 g/mol. The van der Waals surface area contributed by atoms with Gasteiger partial charge in [-0.25, -0.2) is 13.6 Å². The first-order valence-electron chi connectivity index (χ1n) is 6.92. The molecular formula is C14H16F2N4O4. The summed E-state index contributed by atoms with van der Waals surface area (Å²) in [6.45, 7) is -0.221. The van der Waals surface area contributed by atoms with Crippen LogP contribution >= 0.6 is 0 Å². The fourth-order valence-electron chi connectivity index (χ4n) is 2.54. The van der Waals surface area contributed by atoms with Gasteiger partial charge in [-0.2, -0.15) is 0 Å².